The Hall–Kier alpha value is -2.73. The Labute approximate surface area is 149 Å². The Morgan fingerprint density at radius 2 is 1.84 bits per heavy atom. The van der Waals surface area contributed by atoms with Crippen molar-refractivity contribution >= 4 is 29.0 Å². The van der Waals surface area contributed by atoms with Crippen molar-refractivity contribution < 1.29 is 19.2 Å². The van der Waals surface area contributed by atoms with Crippen molar-refractivity contribution in [3.8, 4) is 0 Å². The zero-order valence-corrected chi connectivity index (χ0v) is 14.7. The molecule has 0 fully saturated rings. The lowest BCUT2D eigenvalue weighted by molar-refractivity contribution is -0.384. The van der Waals surface area contributed by atoms with Gasteiger partial charge < -0.3 is 4.74 Å². The largest absolute Gasteiger partial charge is 0.451 e. The fraction of sp³-hybridized carbons (Fsp3) is 0.222. The maximum atomic E-state index is 12.5. The van der Waals surface area contributed by atoms with E-state index in [2.05, 4.69) is 0 Å². The van der Waals surface area contributed by atoms with E-state index in [1.807, 2.05) is 19.1 Å². The molecule has 0 aliphatic carbocycles. The molecule has 0 unspecified atom stereocenters. The van der Waals surface area contributed by atoms with Gasteiger partial charge in [-0.1, -0.05) is 29.3 Å². The molecule has 0 saturated carbocycles. The highest BCUT2D eigenvalue weighted by molar-refractivity contribution is 6.32. The summed E-state index contributed by atoms with van der Waals surface area (Å²) >= 11 is 5.72. The van der Waals surface area contributed by atoms with Gasteiger partial charge in [0.25, 0.3) is 5.69 Å². The number of nitro groups is 1. The number of hydrogen-bond donors (Lipinski definition) is 0. The summed E-state index contributed by atoms with van der Waals surface area (Å²) in [4.78, 5) is 34.9. The molecule has 25 heavy (non-hydrogen) atoms. The molecule has 0 aliphatic rings. The second kappa shape index (κ2) is 7.44. The first-order valence-corrected chi connectivity index (χ1v) is 7.85. The standard InChI is InChI=1S/C18H16ClNO5/c1-10-4-5-11(2)14(8-10)17(21)12(3)25-18(22)13-6-7-15(19)16(9-13)20(23)24/h4-9,12H,1-3H3/t12-/m1/s1. The topological polar surface area (TPSA) is 86.5 Å². The summed E-state index contributed by atoms with van der Waals surface area (Å²) in [5.41, 5.74) is 1.73. The summed E-state index contributed by atoms with van der Waals surface area (Å²) in [5.74, 6) is -1.16. The van der Waals surface area contributed by atoms with Gasteiger partial charge in [-0.05, 0) is 44.5 Å². The summed E-state index contributed by atoms with van der Waals surface area (Å²) in [6, 6.07) is 9.02. The number of hydrogen-bond acceptors (Lipinski definition) is 5. The number of ketones is 1. The smallest absolute Gasteiger partial charge is 0.339 e. The molecule has 0 saturated heterocycles. The molecular weight excluding hydrogens is 346 g/mol. The average Bonchev–Trinajstić information content (AvgIpc) is 2.56. The van der Waals surface area contributed by atoms with Crippen molar-refractivity contribution in [2.75, 3.05) is 0 Å². The third-order valence-corrected chi connectivity index (χ3v) is 4.01. The Kier molecular flexibility index (Phi) is 5.54. The van der Waals surface area contributed by atoms with Crippen molar-refractivity contribution in [1.29, 1.82) is 0 Å². The fourth-order valence-corrected chi connectivity index (χ4v) is 2.47. The number of nitro benzene ring substituents is 1. The Morgan fingerprint density at radius 3 is 2.48 bits per heavy atom. The zero-order valence-electron chi connectivity index (χ0n) is 13.9. The number of ether oxygens (including phenoxy) is 1. The number of benzene rings is 2. The highest BCUT2D eigenvalue weighted by atomic mass is 35.5. The third kappa shape index (κ3) is 4.22. The van der Waals surface area contributed by atoms with E-state index >= 15 is 0 Å². The summed E-state index contributed by atoms with van der Waals surface area (Å²) < 4.78 is 5.17. The van der Waals surface area contributed by atoms with Crippen LogP contribution in [0.1, 0.15) is 38.8 Å². The van der Waals surface area contributed by atoms with Crippen LogP contribution in [0.5, 0.6) is 0 Å². The molecule has 0 aliphatic heterocycles. The van der Waals surface area contributed by atoms with Gasteiger partial charge in [0.05, 0.1) is 10.5 Å². The van der Waals surface area contributed by atoms with Crippen LogP contribution in [0.25, 0.3) is 0 Å². The minimum absolute atomic E-state index is 0.0447. The monoisotopic (exact) mass is 361 g/mol. The number of esters is 1. The molecule has 6 nitrogen and oxygen atoms in total. The predicted octanol–water partition coefficient (Wildman–Crippen LogP) is 4.29. The first-order valence-electron chi connectivity index (χ1n) is 7.47. The van der Waals surface area contributed by atoms with Crippen LogP contribution in [0.3, 0.4) is 0 Å². The molecule has 0 aromatic heterocycles. The van der Waals surface area contributed by atoms with Gasteiger partial charge in [-0.3, -0.25) is 14.9 Å². The van der Waals surface area contributed by atoms with Crippen molar-refractivity contribution in [2.45, 2.75) is 26.9 Å². The van der Waals surface area contributed by atoms with E-state index in [4.69, 9.17) is 16.3 Å². The molecule has 0 amide bonds. The SMILES string of the molecule is Cc1ccc(C)c(C(=O)[C@@H](C)OC(=O)c2ccc(Cl)c([N+](=O)[O-])c2)c1. The Bertz CT molecular complexity index is 863. The quantitative estimate of drug-likeness (QED) is 0.343. The minimum Gasteiger partial charge on any atom is -0.451 e. The van der Waals surface area contributed by atoms with Crippen molar-refractivity contribution in [3.05, 3.63) is 73.8 Å². The maximum absolute atomic E-state index is 12.5. The Morgan fingerprint density at radius 1 is 1.16 bits per heavy atom. The second-order valence-corrected chi connectivity index (χ2v) is 6.06. The molecule has 0 radical (unpaired) electrons. The number of carbonyl (C=O) groups excluding carboxylic acids is 2. The van der Waals surface area contributed by atoms with Crippen LogP contribution < -0.4 is 0 Å². The van der Waals surface area contributed by atoms with Crippen molar-refractivity contribution in [2.24, 2.45) is 0 Å². The predicted molar refractivity (Wildman–Crippen MR) is 93.2 cm³/mol. The molecule has 2 rings (SSSR count). The van der Waals surface area contributed by atoms with E-state index in [1.54, 1.807) is 13.0 Å². The summed E-state index contributed by atoms with van der Waals surface area (Å²) in [6.45, 7) is 5.12. The summed E-state index contributed by atoms with van der Waals surface area (Å²) in [6.07, 6.45) is -1.03. The van der Waals surface area contributed by atoms with Crippen LogP contribution in [0, 0.1) is 24.0 Å². The van der Waals surface area contributed by atoms with E-state index in [0.29, 0.717) is 5.56 Å². The van der Waals surface area contributed by atoms with Gasteiger partial charge >= 0.3 is 5.97 Å². The molecule has 0 bridgehead atoms. The van der Waals surface area contributed by atoms with Crippen LogP contribution in [-0.4, -0.2) is 22.8 Å². The number of Topliss-reactive ketones (excluding diaryl/α,β-unsaturated/α-hetero) is 1. The summed E-state index contributed by atoms with van der Waals surface area (Å²) in [5, 5.41) is 10.8. The maximum Gasteiger partial charge on any atom is 0.339 e. The zero-order chi connectivity index (χ0) is 18.7. The molecule has 0 spiro atoms. The van der Waals surface area contributed by atoms with Crippen molar-refractivity contribution in [1.82, 2.24) is 0 Å². The third-order valence-electron chi connectivity index (χ3n) is 3.69. The second-order valence-electron chi connectivity index (χ2n) is 5.65. The average molecular weight is 362 g/mol. The minimum atomic E-state index is -1.03. The number of carbonyl (C=O) groups is 2. The molecular formula is C18H16ClNO5. The van der Waals surface area contributed by atoms with E-state index in [1.165, 1.54) is 19.1 Å². The molecule has 2 aromatic carbocycles. The van der Waals surface area contributed by atoms with E-state index < -0.39 is 22.7 Å². The van der Waals surface area contributed by atoms with Gasteiger partial charge in [-0.2, -0.15) is 0 Å². The van der Waals surface area contributed by atoms with Gasteiger partial charge in [0.15, 0.2) is 6.10 Å². The van der Waals surface area contributed by atoms with E-state index in [-0.39, 0.29) is 16.4 Å². The van der Waals surface area contributed by atoms with Crippen LogP contribution in [0.2, 0.25) is 5.02 Å². The van der Waals surface area contributed by atoms with Gasteiger partial charge in [0.2, 0.25) is 5.78 Å². The van der Waals surface area contributed by atoms with Crippen LogP contribution in [0.15, 0.2) is 36.4 Å². The molecule has 2 aromatic rings. The molecule has 130 valence electrons. The molecule has 0 heterocycles. The van der Waals surface area contributed by atoms with E-state index in [9.17, 15) is 19.7 Å². The van der Waals surface area contributed by atoms with E-state index in [0.717, 1.165) is 17.2 Å². The normalized spacial score (nSPS) is 11.7. The lowest BCUT2D eigenvalue weighted by Gasteiger charge is -2.14. The molecule has 7 heteroatoms. The first kappa shape index (κ1) is 18.6. The highest BCUT2D eigenvalue weighted by Crippen LogP contribution is 2.25. The lowest BCUT2D eigenvalue weighted by atomic mass is 9.99. The highest BCUT2D eigenvalue weighted by Gasteiger charge is 2.23. The van der Waals surface area contributed by atoms with Crippen LogP contribution in [0.4, 0.5) is 5.69 Å². The van der Waals surface area contributed by atoms with Gasteiger partial charge in [-0.25, -0.2) is 4.79 Å². The first-order chi connectivity index (χ1) is 11.7. The Balaban J connectivity index is 2.20. The van der Waals surface area contributed by atoms with Gasteiger partial charge in [0, 0.05) is 11.6 Å². The van der Waals surface area contributed by atoms with Crippen LogP contribution >= 0.6 is 11.6 Å². The number of aryl methyl sites for hydroxylation is 2. The molecule has 1 atom stereocenters. The van der Waals surface area contributed by atoms with Gasteiger partial charge in [-0.15, -0.1) is 0 Å². The fourth-order valence-electron chi connectivity index (χ4n) is 2.28. The number of halogens is 1. The van der Waals surface area contributed by atoms with Crippen LogP contribution in [-0.2, 0) is 4.74 Å². The number of rotatable bonds is 5. The lowest BCUT2D eigenvalue weighted by Crippen LogP contribution is -2.25. The summed E-state index contributed by atoms with van der Waals surface area (Å²) in [7, 11) is 0. The van der Waals surface area contributed by atoms with Gasteiger partial charge in [0.1, 0.15) is 5.02 Å². The van der Waals surface area contributed by atoms with Crippen molar-refractivity contribution in [3.63, 3.8) is 0 Å². The number of nitrogens with zero attached hydrogens (tertiary/aromatic N) is 1. The molecule has 0 N–H and O–H groups in total.